The topological polar surface area (TPSA) is 74.3 Å². The molecule has 0 N–H and O–H groups in total. The summed E-state index contributed by atoms with van der Waals surface area (Å²) in [6.07, 6.45) is 0. The van der Waals surface area contributed by atoms with Crippen LogP contribution in [-0.4, -0.2) is 5.97 Å². The molecular formula is C26H23Cl2O4PRu-2. The Balaban J connectivity index is 0.00000108. The van der Waals surface area contributed by atoms with Crippen LogP contribution in [0.15, 0.2) is 121 Å². The average molecular weight is 602 g/mol. The van der Waals surface area contributed by atoms with Gasteiger partial charge in [-0.25, -0.2) is 0 Å². The maximum atomic E-state index is 8.89. The zero-order valence-corrected chi connectivity index (χ0v) is 22.4. The summed E-state index contributed by atoms with van der Waals surface area (Å²) in [4.78, 5) is 8.89. The van der Waals surface area contributed by atoms with Gasteiger partial charge in [0.1, 0.15) is 28.5 Å². The molecule has 0 saturated heterocycles. The van der Waals surface area contributed by atoms with Crippen LogP contribution in [0.1, 0.15) is 6.92 Å². The Morgan fingerprint density at radius 1 is 0.559 bits per heavy atom. The van der Waals surface area contributed by atoms with Crippen LogP contribution in [0.5, 0.6) is 0 Å². The molecule has 0 bridgehead atoms. The Bertz CT molecular complexity index is 959. The summed E-state index contributed by atoms with van der Waals surface area (Å²) in [6, 6.07) is 43.8. The number of carbonyl (C=O) groups excluding carboxylic acids is 1. The molecule has 0 aliphatic rings. The van der Waals surface area contributed by atoms with Crippen LogP contribution < -0.4 is 51.1 Å². The standard InChI is InChI=1S/C24H20P.C2H4O2.2ClH.2O.Ru/c1-5-13-21(14-6-1)25(22-15-7-2-8-16-22,23-17-9-3-10-18-23)24-19-11-4-12-20-24;1-2(3)4;;;;;/h1-20H;1H3,(H,3,4);2*1H;;;/q+1;;;;;;/p-3. The van der Waals surface area contributed by atoms with Gasteiger partial charge in [0, 0.05) is 5.97 Å². The molecular weight excluding hydrogens is 579 g/mol. The molecule has 4 aromatic carbocycles. The Labute approximate surface area is 220 Å². The van der Waals surface area contributed by atoms with E-state index < -0.39 is 30.3 Å². The quantitative estimate of drug-likeness (QED) is 0.183. The van der Waals surface area contributed by atoms with E-state index >= 15 is 0 Å². The van der Waals surface area contributed by atoms with Crippen molar-refractivity contribution in [3.05, 3.63) is 121 Å². The zero-order chi connectivity index (χ0) is 23.2. The Morgan fingerprint density at radius 2 is 0.706 bits per heavy atom. The van der Waals surface area contributed by atoms with E-state index in [4.69, 9.17) is 17.0 Å². The van der Waals surface area contributed by atoms with E-state index in [0.717, 1.165) is 6.92 Å². The van der Waals surface area contributed by atoms with Gasteiger partial charge in [0.15, 0.2) is 0 Å². The van der Waals surface area contributed by atoms with Crippen LogP contribution in [-0.2, 0) is 29.0 Å². The number of aliphatic carboxylic acids is 1. The SMILES string of the molecule is CC(=O)[O-].[Cl-].[Cl-].[O]=[Ru]=[O].c1ccc([P+](c2ccccc2)(c2ccccc2)c2ccccc2)cc1. The van der Waals surface area contributed by atoms with Crippen molar-refractivity contribution in [3.8, 4) is 0 Å². The van der Waals surface area contributed by atoms with E-state index in [9.17, 15) is 0 Å². The number of carboxylic acid groups (broad SMARTS) is 1. The smallest absolute Gasteiger partial charge is 0.0620 e. The van der Waals surface area contributed by atoms with Crippen molar-refractivity contribution in [2.75, 3.05) is 0 Å². The van der Waals surface area contributed by atoms with Gasteiger partial charge in [-0.15, -0.1) is 0 Å². The maximum Gasteiger partial charge on any atom is 0.144 e. The summed E-state index contributed by atoms with van der Waals surface area (Å²) in [5.74, 6) is -1.08. The van der Waals surface area contributed by atoms with Crippen molar-refractivity contribution in [3.63, 3.8) is 0 Å². The molecule has 0 radical (unpaired) electrons. The van der Waals surface area contributed by atoms with Crippen molar-refractivity contribution in [1.29, 1.82) is 0 Å². The summed E-state index contributed by atoms with van der Waals surface area (Å²) in [5.41, 5.74) is 0. The molecule has 0 aromatic heterocycles. The van der Waals surface area contributed by atoms with Crippen molar-refractivity contribution >= 4 is 34.4 Å². The monoisotopic (exact) mass is 602 g/mol. The fourth-order valence-electron chi connectivity index (χ4n) is 3.50. The minimum absolute atomic E-state index is 0. The van der Waals surface area contributed by atoms with Crippen LogP contribution in [0.3, 0.4) is 0 Å². The summed E-state index contributed by atoms with van der Waals surface area (Å²) in [5, 5.41) is 14.4. The fourth-order valence-corrected chi connectivity index (χ4v) is 7.77. The third-order valence-corrected chi connectivity index (χ3v) is 8.86. The van der Waals surface area contributed by atoms with Crippen LogP contribution in [0, 0.1) is 0 Å². The molecule has 4 nitrogen and oxygen atoms in total. The van der Waals surface area contributed by atoms with Gasteiger partial charge in [0.25, 0.3) is 0 Å². The predicted octanol–water partition coefficient (Wildman–Crippen LogP) is -3.17. The van der Waals surface area contributed by atoms with E-state index in [-0.39, 0.29) is 24.8 Å². The molecule has 180 valence electrons. The summed E-state index contributed by atoms with van der Waals surface area (Å²) in [7, 11) is -1.91. The van der Waals surface area contributed by atoms with Gasteiger partial charge in [-0.2, -0.15) is 0 Å². The van der Waals surface area contributed by atoms with Crippen LogP contribution >= 0.6 is 7.26 Å². The van der Waals surface area contributed by atoms with Gasteiger partial charge >= 0.3 is 24.2 Å². The van der Waals surface area contributed by atoms with Crippen LogP contribution in [0.25, 0.3) is 0 Å². The summed E-state index contributed by atoms with van der Waals surface area (Å²) < 4.78 is 16.9. The van der Waals surface area contributed by atoms with Crippen molar-refractivity contribution in [2.45, 2.75) is 6.92 Å². The molecule has 4 rings (SSSR count). The first-order valence-corrected chi connectivity index (χ1v) is 12.9. The molecule has 0 amide bonds. The molecule has 34 heavy (non-hydrogen) atoms. The second-order valence-electron chi connectivity index (χ2n) is 6.56. The van der Waals surface area contributed by atoms with Gasteiger partial charge in [0.05, 0.1) is 0 Å². The second-order valence-corrected chi connectivity index (χ2v) is 10.3. The van der Waals surface area contributed by atoms with E-state index in [1.54, 1.807) is 0 Å². The third kappa shape index (κ3) is 8.42. The minimum atomic E-state index is -1.91. The van der Waals surface area contributed by atoms with E-state index in [0.29, 0.717) is 0 Å². The first-order valence-electron chi connectivity index (χ1n) is 9.73. The zero-order valence-electron chi connectivity index (χ0n) is 18.2. The molecule has 8 heteroatoms. The molecule has 0 fully saturated rings. The van der Waals surface area contributed by atoms with Gasteiger partial charge in [-0.3, -0.25) is 0 Å². The molecule has 0 heterocycles. The van der Waals surface area contributed by atoms with Crippen LogP contribution in [0.4, 0.5) is 0 Å². The Hall–Kier alpha value is -2.42. The third-order valence-electron chi connectivity index (χ3n) is 4.57. The molecule has 0 spiro atoms. The molecule has 0 unspecified atom stereocenters. The van der Waals surface area contributed by atoms with Gasteiger partial charge in [0.2, 0.25) is 0 Å². The van der Waals surface area contributed by atoms with Gasteiger partial charge in [-0.05, 0) is 55.5 Å². The number of benzene rings is 4. The largest absolute Gasteiger partial charge is 0.144 e. The minimum Gasteiger partial charge on any atom is -0.0620 e. The Morgan fingerprint density at radius 3 is 0.853 bits per heavy atom. The Kier molecular flexibility index (Phi) is 15.9. The van der Waals surface area contributed by atoms with Crippen molar-refractivity contribution in [1.82, 2.24) is 0 Å². The summed E-state index contributed by atoms with van der Waals surface area (Å²) in [6.45, 7) is 0.972. The average Bonchev–Trinajstić information content (AvgIpc) is 2.83. The molecule has 0 saturated carbocycles. The van der Waals surface area contributed by atoms with Crippen LogP contribution in [0.2, 0.25) is 0 Å². The van der Waals surface area contributed by atoms with Crippen molar-refractivity contribution < 1.29 is 58.9 Å². The fraction of sp³-hybridized carbons (Fsp3) is 0.0385. The molecule has 4 aromatic rings. The maximum absolute atomic E-state index is 8.89. The second kappa shape index (κ2) is 17.1. The number of rotatable bonds is 4. The predicted molar refractivity (Wildman–Crippen MR) is 123 cm³/mol. The van der Waals surface area contributed by atoms with Gasteiger partial charge < -0.3 is 34.7 Å². The number of carbonyl (C=O) groups is 1. The summed E-state index contributed by atoms with van der Waals surface area (Å²) >= 11 is -1.79. The normalized spacial score (nSPS) is 9.44. The van der Waals surface area contributed by atoms with E-state index in [1.165, 1.54) is 21.2 Å². The first kappa shape index (κ1) is 31.6. The number of carboxylic acids is 1. The number of hydrogen-bond donors (Lipinski definition) is 0. The van der Waals surface area contributed by atoms with E-state index in [2.05, 4.69) is 121 Å². The number of hydrogen-bond acceptors (Lipinski definition) is 4. The molecule has 0 atom stereocenters. The number of halogens is 2. The first-order chi connectivity index (χ1) is 15.6. The molecule has 0 aliphatic heterocycles. The van der Waals surface area contributed by atoms with Gasteiger partial charge in [-0.1, -0.05) is 72.8 Å². The van der Waals surface area contributed by atoms with E-state index in [1.807, 2.05) is 0 Å². The van der Waals surface area contributed by atoms with Crippen molar-refractivity contribution in [2.24, 2.45) is 0 Å². The molecule has 0 aliphatic carbocycles.